The van der Waals surface area contributed by atoms with Crippen molar-refractivity contribution in [2.75, 3.05) is 7.11 Å². The first-order valence-corrected chi connectivity index (χ1v) is 11.6. The molecule has 0 unspecified atom stereocenters. The van der Waals surface area contributed by atoms with Gasteiger partial charge in [0, 0.05) is 18.5 Å². The van der Waals surface area contributed by atoms with Gasteiger partial charge < -0.3 is 26.2 Å². The summed E-state index contributed by atoms with van der Waals surface area (Å²) in [6.45, 7) is 3.59. The van der Waals surface area contributed by atoms with Gasteiger partial charge in [0.05, 0.1) is 13.2 Å². The van der Waals surface area contributed by atoms with Gasteiger partial charge in [-0.3, -0.25) is 9.59 Å². The van der Waals surface area contributed by atoms with Crippen LogP contribution in [0.5, 0.6) is 0 Å². The Kier molecular flexibility index (Phi) is 11.0. The number of esters is 1. The fourth-order valence-electron chi connectivity index (χ4n) is 3.48. The molecular formula is C27H35N3O5. The summed E-state index contributed by atoms with van der Waals surface area (Å²) >= 11 is 0. The van der Waals surface area contributed by atoms with E-state index in [1.165, 1.54) is 7.11 Å². The highest BCUT2D eigenvalue weighted by Crippen LogP contribution is 2.11. The third-order valence-electron chi connectivity index (χ3n) is 5.52. The van der Waals surface area contributed by atoms with Crippen molar-refractivity contribution in [1.82, 2.24) is 10.6 Å². The zero-order valence-electron chi connectivity index (χ0n) is 20.4. The smallest absolute Gasteiger partial charge is 0.328 e. The number of nitrogens with one attached hydrogen (secondary N) is 2. The van der Waals surface area contributed by atoms with Crippen LogP contribution in [0.25, 0.3) is 6.08 Å². The van der Waals surface area contributed by atoms with Crippen molar-refractivity contribution in [2.24, 2.45) is 11.7 Å². The zero-order chi connectivity index (χ0) is 25.8. The number of aliphatic hydroxyl groups is 1. The van der Waals surface area contributed by atoms with Crippen molar-refractivity contribution in [1.29, 1.82) is 0 Å². The van der Waals surface area contributed by atoms with Gasteiger partial charge in [-0.05, 0) is 29.5 Å². The van der Waals surface area contributed by atoms with Crippen LogP contribution in [0.1, 0.15) is 37.8 Å². The maximum Gasteiger partial charge on any atom is 0.328 e. The molecule has 8 nitrogen and oxygen atoms in total. The topological polar surface area (TPSA) is 131 Å². The number of aliphatic hydroxyl groups excluding tert-OH is 1. The lowest BCUT2D eigenvalue weighted by Gasteiger charge is -2.24. The van der Waals surface area contributed by atoms with Crippen molar-refractivity contribution in [3.05, 3.63) is 77.5 Å². The average Bonchev–Trinajstić information content (AvgIpc) is 2.85. The Morgan fingerprint density at radius 2 is 1.60 bits per heavy atom. The number of carbonyl (C=O) groups is 3. The van der Waals surface area contributed by atoms with Gasteiger partial charge in [0.1, 0.15) is 12.1 Å². The summed E-state index contributed by atoms with van der Waals surface area (Å²) in [5.41, 5.74) is 7.93. The van der Waals surface area contributed by atoms with Crippen LogP contribution in [-0.4, -0.2) is 48.2 Å². The molecule has 0 spiro atoms. The molecule has 0 aromatic heterocycles. The van der Waals surface area contributed by atoms with E-state index in [-0.39, 0.29) is 30.9 Å². The first-order chi connectivity index (χ1) is 16.7. The van der Waals surface area contributed by atoms with Gasteiger partial charge in [-0.25, -0.2) is 4.79 Å². The van der Waals surface area contributed by atoms with Gasteiger partial charge in [0.15, 0.2) is 0 Å². The van der Waals surface area contributed by atoms with Crippen molar-refractivity contribution in [3.63, 3.8) is 0 Å². The molecule has 0 bridgehead atoms. The van der Waals surface area contributed by atoms with E-state index in [4.69, 9.17) is 10.5 Å². The summed E-state index contributed by atoms with van der Waals surface area (Å²) in [6, 6.07) is 16.8. The molecule has 2 amide bonds. The van der Waals surface area contributed by atoms with E-state index in [2.05, 4.69) is 10.6 Å². The number of benzene rings is 2. The number of rotatable bonds is 12. The van der Waals surface area contributed by atoms with Gasteiger partial charge in [-0.2, -0.15) is 0 Å². The summed E-state index contributed by atoms with van der Waals surface area (Å²) in [4.78, 5) is 37.8. The van der Waals surface area contributed by atoms with Crippen LogP contribution < -0.4 is 16.4 Å². The highest BCUT2D eigenvalue weighted by atomic mass is 16.5. The van der Waals surface area contributed by atoms with Gasteiger partial charge in [-0.1, -0.05) is 74.5 Å². The Morgan fingerprint density at radius 3 is 2.17 bits per heavy atom. The summed E-state index contributed by atoms with van der Waals surface area (Å²) < 4.78 is 4.80. The normalized spacial score (nSPS) is 14.0. The second-order valence-electron chi connectivity index (χ2n) is 8.67. The maximum absolute atomic E-state index is 13.1. The van der Waals surface area contributed by atoms with Crippen LogP contribution >= 0.6 is 0 Å². The molecular weight excluding hydrogens is 446 g/mol. The van der Waals surface area contributed by atoms with Crippen LogP contribution in [0.2, 0.25) is 0 Å². The Bertz CT molecular complexity index is 992. The predicted molar refractivity (Wildman–Crippen MR) is 135 cm³/mol. The summed E-state index contributed by atoms with van der Waals surface area (Å²) in [6.07, 6.45) is 0.952. The molecule has 8 heteroatoms. The van der Waals surface area contributed by atoms with Crippen LogP contribution in [0.15, 0.2) is 66.4 Å². The van der Waals surface area contributed by atoms with Crippen LogP contribution in [-0.2, 0) is 25.5 Å². The van der Waals surface area contributed by atoms with Crippen LogP contribution in [0, 0.1) is 5.92 Å². The molecule has 2 rings (SSSR count). The minimum atomic E-state index is -1.01. The Labute approximate surface area is 206 Å². The third-order valence-corrected chi connectivity index (χ3v) is 5.52. The molecule has 0 heterocycles. The fraction of sp³-hybridized carbons (Fsp3) is 0.370. The number of methoxy groups -OCH3 is 1. The van der Waals surface area contributed by atoms with Crippen LogP contribution in [0.3, 0.4) is 0 Å². The highest BCUT2D eigenvalue weighted by Gasteiger charge is 2.29. The molecule has 0 aliphatic carbocycles. The highest BCUT2D eigenvalue weighted by molar-refractivity contribution is 5.91. The fourth-order valence-corrected chi connectivity index (χ4v) is 3.48. The van der Waals surface area contributed by atoms with Crippen molar-refractivity contribution in [3.8, 4) is 0 Å². The summed E-state index contributed by atoms with van der Waals surface area (Å²) in [7, 11) is 1.26. The lowest BCUT2D eigenvalue weighted by molar-refractivity contribution is -0.146. The van der Waals surface area contributed by atoms with E-state index in [1.54, 1.807) is 19.9 Å². The van der Waals surface area contributed by atoms with E-state index >= 15 is 0 Å². The zero-order valence-corrected chi connectivity index (χ0v) is 20.4. The number of hydrogen-bond acceptors (Lipinski definition) is 6. The average molecular weight is 482 g/mol. The first kappa shape index (κ1) is 27.6. The molecule has 0 aliphatic heterocycles. The largest absolute Gasteiger partial charge is 0.467 e. The molecule has 5 N–H and O–H groups in total. The number of ether oxygens (including phenoxy) is 1. The molecule has 0 aliphatic rings. The number of hydrogen-bond donors (Lipinski definition) is 4. The van der Waals surface area contributed by atoms with Gasteiger partial charge in [-0.15, -0.1) is 0 Å². The molecule has 35 heavy (non-hydrogen) atoms. The van der Waals surface area contributed by atoms with E-state index < -0.39 is 36.0 Å². The molecule has 0 saturated heterocycles. The molecule has 0 radical (unpaired) electrons. The third kappa shape index (κ3) is 9.25. The molecule has 3 atom stereocenters. The second-order valence-corrected chi connectivity index (χ2v) is 8.67. The van der Waals surface area contributed by atoms with E-state index in [0.29, 0.717) is 0 Å². The van der Waals surface area contributed by atoms with E-state index in [0.717, 1.165) is 11.1 Å². The van der Waals surface area contributed by atoms with Crippen molar-refractivity contribution >= 4 is 23.9 Å². The molecule has 2 aromatic rings. The Balaban J connectivity index is 2.05. The molecule has 0 fully saturated rings. The number of carbonyl (C=O) groups excluding carboxylic acids is 3. The Hall–Kier alpha value is -3.65. The van der Waals surface area contributed by atoms with Crippen molar-refractivity contribution in [2.45, 2.75) is 51.3 Å². The minimum Gasteiger partial charge on any atom is -0.467 e. The SMILES string of the molecule is COC(=O)[C@@H](NC(=O)[C@H](Cc1ccccc1)NC(=O)CC[C@H](O)/C(N)=C/c1ccccc1)C(C)C. The molecule has 0 saturated carbocycles. The van der Waals surface area contributed by atoms with Gasteiger partial charge in [0.25, 0.3) is 0 Å². The van der Waals surface area contributed by atoms with Gasteiger partial charge >= 0.3 is 5.97 Å². The maximum atomic E-state index is 13.1. The minimum absolute atomic E-state index is 0.0341. The van der Waals surface area contributed by atoms with Crippen molar-refractivity contribution < 1.29 is 24.2 Å². The summed E-state index contributed by atoms with van der Waals surface area (Å²) in [5, 5.41) is 15.8. The number of nitrogens with two attached hydrogens (primary N) is 1. The number of amides is 2. The summed E-state index contributed by atoms with van der Waals surface area (Å²) in [5.74, 6) is -1.65. The lowest BCUT2D eigenvalue weighted by Crippen LogP contribution is -2.54. The Morgan fingerprint density at radius 1 is 1.00 bits per heavy atom. The predicted octanol–water partition coefficient (Wildman–Crippen LogP) is 2.17. The van der Waals surface area contributed by atoms with Gasteiger partial charge in [0.2, 0.25) is 11.8 Å². The standard InChI is InChI=1S/C27H35N3O5/c1-18(2)25(27(34)35-3)30-26(33)22(17-20-12-8-5-9-13-20)29-24(32)15-14-23(31)21(28)16-19-10-6-4-7-11-19/h4-13,16,18,22-23,25,31H,14-15,17,28H2,1-3H3,(H,29,32)(H,30,33)/b21-16-/t22-,23-,25-/m0/s1. The van der Waals surface area contributed by atoms with E-state index in [1.807, 2.05) is 60.7 Å². The van der Waals surface area contributed by atoms with Crippen LogP contribution in [0.4, 0.5) is 0 Å². The quantitative estimate of drug-likeness (QED) is 0.344. The van der Waals surface area contributed by atoms with E-state index in [9.17, 15) is 19.5 Å². The molecule has 188 valence electrons. The second kappa shape index (κ2) is 13.9. The molecule has 2 aromatic carbocycles. The first-order valence-electron chi connectivity index (χ1n) is 11.6. The lowest BCUT2D eigenvalue weighted by atomic mass is 10.0. The monoisotopic (exact) mass is 481 g/mol.